The molecule has 0 saturated carbocycles. The zero-order chi connectivity index (χ0) is 25.5. The third-order valence-corrected chi connectivity index (χ3v) is 6.76. The Morgan fingerprint density at radius 2 is 1.78 bits per heavy atom. The summed E-state index contributed by atoms with van der Waals surface area (Å²) in [5.41, 5.74) is 3.04. The summed E-state index contributed by atoms with van der Waals surface area (Å²) >= 11 is 1.43. The molecule has 8 heteroatoms. The van der Waals surface area contributed by atoms with E-state index in [0.29, 0.717) is 24.5 Å². The molecule has 0 saturated heterocycles. The summed E-state index contributed by atoms with van der Waals surface area (Å²) in [7, 11) is 3.28. The van der Waals surface area contributed by atoms with Crippen LogP contribution in [0.15, 0.2) is 78.2 Å². The van der Waals surface area contributed by atoms with Gasteiger partial charge in [-0.2, -0.15) is 0 Å². The smallest absolute Gasteiger partial charge is 0.275 e. The summed E-state index contributed by atoms with van der Waals surface area (Å²) in [6, 6.07) is 21.8. The van der Waals surface area contributed by atoms with Gasteiger partial charge in [0.25, 0.3) is 5.91 Å². The summed E-state index contributed by atoms with van der Waals surface area (Å²) in [4.78, 5) is 19.6. The molecule has 186 valence electrons. The highest BCUT2D eigenvalue weighted by Crippen LogP contribution is 2.31. The topological polar surface area (TPSA) is 63.7 Å². The molecule has 4 rings (SSSR count). The lowest BCUT2D eigenvalue weighted by atomic mass is 10.1. The van der Waals surface area contributed by atoms with Gasteiger partial charge in [-0.25, -0.2) is 9.37 Å². The SMILES string of the molecule is COc1ccc(CN(Cc2nc(C(=O)Nc3ccc(F)cc3)cs2)C(C)c2ccccc2)c(OC)c1. The second-order valence-corrected chi connectivity index (χ2v) is 9.20. The number of anilines is 1. The molecule has 6 nitrogen and oxygen atoms in total. The first kappa shape index (κ1) is 25.3. The molecule has 1 unspecified atom stereocenters. The molecule has 0 aliphatic heterocycles. The van der Waals surface area contributed by atoms with Crippen LogP contribution in [0.3, 0.4) is 0 Å². The first-order valence-corrected chi connectivity index (χ1v) is 12.4. The number of carbonyl (C=O) groups is 1. The van der Waals surface area contributed by atoms with Crippen molar-refractivity contribution in [2.45, 2.75) is 26.1 Å². The first-order chi connectivity index (χ1) is 17.5. The van der Waals surface area contributed by atoms with Gasteiger partial charge in [-0.3, -0.25) is 9.69 Å². The maximum absolute atomic E-state index is 13.2. The Labute approximate surface area is 214 Å². The Kier molecular flexibility index (Phi) is 8.30. The molecule has 36 heavy (non-hydrogen) atoms. The highest BCUT2D eigenvalue weighted by molar-refractivity contribution is 7.09. The summed E-state index contributed by atoms with van der Waals surface area (Å²) in [6.45, 7) is 3.31. The van der Waals surface area contributed by atoms with Crippen LogP contribution >= 0.6 is 11.3 Å². The maximum Gasteiger partial charge on any atom is 0.275 e. The van der Waals surface area contributed by atoms with Crippen molar-refractivity contribution in [3.05, 3.63) is 106 Å². The monoisotopic (exact) mass is 505 g/mol. The van der Waals surface area contributed by atoms with E-state index in [4.69, 9.17) is 9.47 Å². The molecule has 0 radical (unpaired) electrons. The molecule has 0 spiro atoms. The van der Waals surface area contributed by atoms with Gasteiger partial charge in [0, 0.05) is 35.3 Å². The van der Waals surface area contributed by atoms with E-state index in [9.17, 15) is 9.18 Å². The molecular weight excluding hydrogens is 477 g/mol. The molecule has 0 aliphatic rings. The Balaban J connectivity index is 1.55. The predicted molar refractivity (Wildman–Crippen MR) is 140 cm³/mol. The average molecular weight is 506 g/mol. The van der Waals surface area contributed by atoms with Gasteiger partial charge in [0.05, 0.1) is 20.8 Å². The number of methoxy groups -OCH3 is 2. The van der Waals surface area contributed by atoms with E-state index >= 15 is 0 Å². The summed E-state index contributed by atoms with van der Waals surface area (Å²) < 4.78 is 24.1. The molecule has 1 atom stereocenters. The van der Waals surface area contributed by atoms with Crippen molar-refractivity contribution in [3.8, 4) is 11.5 Å². The standard InChI is InChI=1S/C28H28FN3O3S/c1-19(20-7-5-4-6-8-20)32(16-21-9-14-24(34-2)15-26(21)35-3)17-27-31-25(18-36-27)28(33)30-23-12-10-22(29)11-13-23/h4-15,18-19H,16-17H2,1-3H3,(H,30,33). The van der Waals surface area contributed by atoms with Crippen LogP contribution in [-0.2, 0) is 13.1 Å². The molecule has 1 amide bonds. The van der Waals surface area contributed by atoms with Crippen LogP contribution in [-0.4, -0.2) is 30.0 Å². The average Bonchev–Trinajstić information content (AvgIpc) is 3.38. The van der Waals surface area contributed by atoms with Gasteiger partial charge < -0.3 is 14.8 Å². The van der Waals surface area contributed by atoms with Gasteiger partial charge in [0.1, 0.15) is 28.0 Å². The van der Waals surface area contributed by atoms with Crippen molar-refractivity contribution in [1.82, 2.24) is 9.88 Å². The quantitative estimate of drug-likeness (QED) is 0.273. The Morgan fingerprint density at radius 1 is 1.03 bits per heavy atom. The lowest BCUT2D eigenvalue weighted by molar-refractivity contribution is 0.102. The van der Waals surface area contributed by atoms with E-state index < -0.39 is 0 Å². The van der Waals surface area contributed by atoms with Gasteiger partial charge in [-0.15, -0.1) is 11.3 Å². The number of thiazole rings is 1. The highest BCUT2D eigenvalue weighted by atomic mass is 32.1. The third kappa shape index (κ3) is 6.27. The van der Waals surface area contributed by atoms with Crippen LogP contribution in [0.4, 0.5) is 10.1 Å². The number of amides is 1. The lowest BCUT2D eigenvalue weighted by Crippen LogP contribution is -2.26. The van der Waals surface area contributed by atoms with Gasteiger partial charge in [-0.1, -0.05) is 36.4 Å². The predicted octanol–water partition coefficient (Wildman–Crippen LogP) is 6.32. The number of hydrogen-bond donors (Lipinski definition) is 1. The molecule has 1 aromatic heterocycles. The largest absolute Gasteiger partial charge is 0.497 e. The summed E-state index contributed by atoms with van der Waals surface area (Å²) in [5.74, 6) is 0.793. The zero-order valence-corrected chi connectivity index (χ0v) is 21.2. The van der Waals surface area contributed by atoms with Crippen LogP contribution in [0, 0.1) is 5.82 Å². The van der Waals surface area contributed by atoms with E-state index in [1.165, 1.54) is 41.2 Å². The fourth-order valence-electron chi connectivity index (χ4n) is 3.86. The minimum Gasteiger partial charge on any atom is -0.497 e. The van der Waals surface area contributed by atoms with Crippen molar-refractivity contribution < 1.29 is 18.7 Å². The highest BCUT2D eigenvalue weighted by Gasteiger charge is 2.21. The maximum atomic E-state index is 13.2. The van der Waals surface area contributed by atoms with Gasteiger partial charge in [0.2, 0.25) is 0 Å². The minimum atomic E-state index is -0.356. The minimum absolute atomic E-state index is 0.0819. The molecule has 3 aromatic carbocycles. The zero-order valence-electron chi connectivity index (χ0n) is 20.4. The number of nitrogens with one attached hydrogen (secondary N) is 1. The summed E-state index contributed by atoms with van der Waals surface area (Å²) in [6.07, 6.45) is 0. The number of aromatic nitrogens is 1. The number of nitrogens with zero attached hydrogens (tertiary/aromatic N) is 2. The number of hydrogen-bond acceptors (Lipinski definition) is 6. The molecule has 1 heterocycles. The molecule has 1 N–H and O–H groups in total. The summed E-state index contributed by atoms with van der Waals surface area (Å²) in [5, 5.41) is 5.32. The van der Waals surface area contributed by atoms with E-state index in [0.717, 1.165) is 22.1 Å². The first-order valence-electron chi connectivity index (χ1n) is 11.5. The van der Waals surface area contributed by atoms with Crippen molar-refractivity contribution in [2.75, 3.05) is 19.5 Å². The third-order valence-electron chi connectivity index (χ3n) is 5.92. The Bertz CT molecular complexity index is 1300. The van der Waals surface area contributed by atoms with Crippen LogP contribution in [0.1, 0.15) is 39.6 Å². The molecule has 4 aromatic rings. The van der Waals surface area contributed by atoms with Gasteiger partial charge in [0.15, 0.2) is 0 Å². The van der Waals surface area contributed by atoms with E-state index in [2.05, 4.69) is 34.3 Å². The number of halogens is 1. The van der Waals surface area contributed by atoms with E-state index in [-0.39, 0.29) is 17.8 Å². The normalized spacial score (nSPS) is 11.8. The number of carbonyl (C=O) groups excluding carboxylic acids is 1. The van der Waals surface area contributed by atoms with Crippen molar-refractivity contribution in [3.63, 3.8) is 0 Å². The van der Waals surface area contributed by atoms with Gasteiger partial charge in [-0.05, 0) is 42.8 Å². The second-order valence-electron chi connectivity index (χ2n) is 8.26. The van der Waals surface area contributed by atoms with Crippen LogP contribution in [0.5, 0.6) is 11.5 Å². The van der Waals surface area contributed by atoms with Crippen molar-refractivity contribution in [2.24, 2.45) is 0 Å². The van der Waals surface area contributed by atoms with Gasteiger partial charge >= 0.3 is 0 Å². The molecule has 0 fully saturated rings. The molecule has 0 bridgehead atoms. The number of rotatable bonds is 10. The van der Waals surface area contributed by atoms with E-state index in [1.54, 1.807) is 19.6 Å². The second kappa shape index (κ2) is 11.8. The fourth-order valence-corrected chi connectivity index (χ4v) is 4.66. The Hall–Kier alpha value is -3.75. The van der Waals surface area contributed by atoms with Crippen LogP contribution < -0.4 is 14.8 Å². The van der Waals surface area contributed by atoms with Crippen molar-refractivity contribution >= 4 is 22.9 Å². The lowest BCUT2D eigenvalue weighted by Gasteiger charge is -2.29. The molecule has 0 aliphatic carbocycles. The number of benzene rings is 3. The Morgan fingerprint density at radius 3 is 2.47 bits per heavy atom. The number of ether oxygens (including phenoxy) is 2. The van der Waals surface area contributed by atoms with Crippen LogP contribution in [0.25, 0.3) is 0 Å². The molecular formula is C28H28FN3O3S. The fraction of sp³-hybridized carbons (Fsp3) is 0.214. The van der Waals surface area contributed by atoms with Crippen molar-refractivity contribution in [1.29, 1.82) is 0 Å². The van der Waals surface area contributed by atoms with Crippen LogP contribution in [0.2, 0.25) is 0 Å². The van der Waals surface area contributed by atoms with E-state index in [1.807, 2.05) is 36.4 Å².